The number of halogens is 3. The van der Waals surface area contributed by atoms with Crippen LogP contribution in [-0.4, -0.2) is 17.1 Å². The van der Waals surface area contributed by atoms with Crippen LogP contribution in [0.3, 0.4) is 0 Å². The number of hydrogen-bond acceptors (Lipinski definition) is 6. The zero-order valence-electron chi connectivity index (χ0n) is 20.2. The highest BCUT2D eigenvalue weighted by Crippen LogP contribution is 2.45. The number of hydrogen-bond donors (Lipinski definition) is 0. The van der Waals surface area contributed by atoms with Crippen molar-refractivity contribution in [3.05, 3.63) is 89.7 Å². The van der Waals surface area contributed by atoms with Gasteiger partial charge in [-0.1, -0.05) is 47.4 Å². The fourth-order valence-electron chi connectivity index (χ4n) is 4.13. The van der Waals surface area contributed by atoms with Crippen LogP contribution in [0, 0.1) is 6.92 Å². The molecule has 0 bridgehead atoms. The fourth-order valence-corrected chi connectivity index (χ4v) is 8.09. The van der Waals surface area contributed by atoms with Gasteiger partial charge in [0, 0.05) is 28.9 Å². The van der Waals surface area contributed by atoms with Gasteiger partial charge in [0.2, 0.25) is 0 Å². The van der Waals surface area contributed by atoms with E-state index in [1.165, 1.54) is 28.7 Å². The van der Waals surface area contributed by atoms with Crippen LogP contribution in [0.4, 0.5) is 18.9 Å². The van der Waals surface area contributed by atoms with Crippen molar-refractivity contribution in [3.63, 3.8) is 0 Å². The first-order valence-corrected chi connectivity index (χ1v) is 14.8. The number of alkyl halides is 3. The molecule has 0 N–H and O–H groups in total. The number of aromatic nitrogens is 2. The minimum Gasteiger partial charge on any atom is -0.337 e. The average Bonchev–Trinajstić information content (AvgIpc) is 3.50. The van der Waals surface area contributed by atoms with Crippen LogP contribution in [0.15, 0.2) is 68.6 Å². The average molecular weight is 579 g/mol. The highest BCUT2D eigenvalue weighted by molar-refractivity contribution is 8.08. The molecule has 4 aromatic rings. The summed E-state index contributed by atoms with van der Waals surface area (Å²) in [6, 6.07) is 12.9. The Morgan fingerprint density at radius 3 is 2.70 bits per heavy atom. The molecule has 0 saturated carbocycles. The molecular formula is C26H23F3N3OS4+. The Morgan fingerprint density at radius 1 is 1.16 bits per heavy atom. The first-order valence-electron chi connectivity index (χ1n) is 11.4. The SMILES string of the molecule is CCn1c(=O)/c(=C2\Sc3ccc(C)cc3N2C)s/c1=C\c1scc[n+]1Cc1ccccc1SC(F)(F)F. The molecule has 1 aliphatic heterocycles. The van der Waals surface area contributed by atoms with E-state index in [0.717, 1.165) is 30.8 Å². The molecule has 5 rings (SSSR count). The van der Waals surface area contributed by atoms with E-state index in [4.69, 9.17) is 0 Å². The highest BCUT2D eigenvalue weighted by atomic mass is 32.2. The van der Waals surface area contributed by atoms with Gasteiger partial charge in [-0.15, -0.1) is 11.3 Å². The van der Waals surface area contributed by atoms with E-state index in [1.807, 2.05) is 36.2 Å². The van der Waals surface area contributed by atoms with Gasteiger partial charge >= 0.3 is 5.51 Å². The summed E-state index contributed by atoms with van der Waals surface area (Å²) in [7, 11) is 1.98. The quantitative estimate of drug-likeness (QED) is 0.235. The van der Waals surface area contributed by atoms with E-state index in [2.05, 4.69) is 30.0 Å². The van der Waals surface area contributed by atoms with E-state index < -0.39 is 5.51 Å². The van der Waals surface area contributed by atoms with Crippen molar-refractivity contribution in [1.29, 1.82) is 0 Å². The minimum atomic E-state index is -4.35. The molecule has 0 atom stereocenters. The Balaban J connectivity index is 1.56. The smallest absolute Gasteiger partial charge is 0.337 e. The zero-order valence-corrected chi connectivity index (χ0v) is 23.5. The topological polar surface area (TPSA) is 29.1 Å². The van der Waals surface area contributed by atoms with Crippen LogP contribution in [0.5, 0.6) is 0 Å². The second-order valence-electron chi connectivity index (χ2n) is 8.43. The van der Waals surface area contributed by atoms with Gasteiger partial charge in [0.15, 0.2) is 12.7 Å². The lowest BCUT2D eigenvalue weighted by Gasteiger charge is -2.12. The van der Waals surface area contributed by atoms with E-state index in [1.54, 1.807) is 34.5 Å². The molecule has 0 spiro atoms. The number of benzene rings is 2. The van der Waals surface area contributed by atoms with Crippen LogP contribution < -0.4 is 24.2 Å². The first kappa shape index (κ1) is 26.1. The molecule has 11 heteroatoms. The van der Waals surface area contributed by atoms with Crippen molar-refractivity contribution < 1.29 is 17.7 Å². The molecule has 0 amide bonds. The predicted molar refractivity (Wildman–Crippen MR) is 148 cm³/mol. The molecule has 1 aliphatic rings. The lowest BCUT2D eigenvalue weighted by molar-refractivity contribution is -0.685. The number of aryl methyl sites for hydroxylation is 1. The van der Waals surface area contributed by atoms with Gasteiger partial charge in [-0.2, -0.15) is 17.7 Å². The summed E-state index contributed by atoms with van der Waals surface area (Å²) >= 11 is 4.44. The van der Waals surface area contributed by atoms with E-state index in [-0.39, 0.29) is 22.2 Å². The van der Waals surface area contributed by atoms with Gasteiger partial charge in [0.25, 0.3) is 10.6 Å². The molecule has 4 nitrogen and oxygen atoms in total. The zero-order chi connectivity index (χ0) is 26.3. The Kier molecular flexibility index (Phi) is 7.32. The Labute approximate surface area is 228 Å². The van der Waals surface area contributed by atoms with Crippen molar-refractivity contribution in [2.75, 3.05) is 11.9 Å². The maximum atomic E-state index is 13.4. The number of thiazole rings is 2. The lowest BCUT2D eigenvalue weighted by atomic mass is 10.2. The second-order valence-corrected chi connectivity index (χ2v) is 12.5. The fraction of sp³-hybridized carbons (Fsp3) is 0.231. The van der Waals surface area contributed by atoms with Gasteiger partial charge < -0.3 is 4.90 Å². The van der Waals surface area contributed by atoms with Gasteiger partial charge in [0.1, 0.15) is 14.2 Å². The maximum absolute atomic E-state index is 13.4. The Hall–Kier alpha value is -2.47. The summed E-state index contributed by atoms with van der Waals surface area (Å²) in [5, 5.41) is 3.68. The molecule has 192 valence electrons. The third-order valence-corrected chi connectivity index (χ3v) is 10.1. The summed E-state index contributed by atoms with van der Waals surface area (Å²) in [6.45, 7) is 4.81. The van der Waals surface area contributed by atoms with Crippen LogP contribution >= 0.6 is 46.2 Å². The molecule has 0 saturated heterocycles. The monoisotopic (exact) mass is 578 g/mol. The normalized spacial score (nSPS) is 15.5. The van der Waals surface area contributed by atoms with Crippen LogP contribution in [-0.2, 0) is 13.1 Å². The van der Waals surface area contributed by atoms with Crippen molar-refractivity contribution in [2.45, 2.75) is 42.2 Å². The first-order chi connectivity index (χ1) is 17.6. The molecule has 2 aromatic carbocycles. The molecule has 0 fully saturated rings. The van der Waals surface area contributed by atoms with E-state index in [9.17, 15) is 18.0 Å². The van der Waals surface area contributed by atoms with Gasteiger partial charge in [-0.05, 0) is 49.4 Å². The molecule has 0 radical (unpaired) electrons. The molecule has 2 aromatic heterocycles. The summed E-state index contributed by atoms with van der Waals surface area (Å²) < 4.78 is 44.4. The van der Waals surface area contributed by atoms with Crippen LogP contribution in [0.2, 0.25) is 0 Å². The standard InChI is InChI=1S/C26H23F3N3OS4/c1-4-32-22(36-23(24(32)33)25-30(3)18-13-16(2)9-10-20(18)35-25)14-21-31(11-12-34-21)15-17-7-5-6-8-19(17)37-26(27,28)29/h5-14H,4,15H2,1-3H3/q+1/b25-23+. The predicted octanol–water partition coefficient (Wildman–Crippen LogP) is 5.38. The molecule has 0 unspecified atom stereocenters. The van der Waals surface area contributed by atoms with Gasteiger partial charge in [-0.25, -0.2) is 0 Å². The molecule has 0 aliphatic carbocycles. The lowest BCUT2D eigenvalue weighted by Crippen LogP contribution is -2.36. The Bertz CT molecular complexity index is 1650. The van der Waals surface area contributed by atoms with Crippen molar-refractivity contribution >= 4 is 63.0 Å². The number of thioether (sulfide) groups is 2. The van der Waals surface area contributed by atoms with Crippen molar-refractivity contribution in [1.82, 2.24) is 4.57 Å². The van der Waals surface area contributed by atoms with E-state index >= 15 is 0 Å². The third-order valence-electron chi connectivity index (χ3n) is 5.91. The highest BCUT2D eigenvalue weighted by Gasteiger charge is 2.31. The number of rotatable bonds is 5. The number of anilines is 1. The molecular weight excluding hydrogens is 556 g/mol. The number of nitrogens with zero attached hydrogens (tertiary/aromatic N) is 3. The third kappa shape index (κ3) is 5.41. The second kappa shape index (κ2) is 10.4. The van der Waals surface area contributed by atoms with Gasteiger partial charge in [0.05, 0.1) is 17.1 Å². The van der Waals surface area contributed by atoms with Crippen LogP contribution in [0.25, 0.3) is 11.1 Å². The summed E-state index contributed by atoms with van der Waals surface area (Å²) in [6.07, 6.45) is 3.82. The summed E-state index contributed by atoms with van der Waals surface area (Å²) in [5.41, 5.74) is -1.54. The molecule has 3 heterocycles. The summed E-state index contributed by atoms with van der Waals surface area (Å²) in [5.74, 6) is 0. The van der Waals surface area contributed by atoms with Crippen molar-refractivity contribution in [2.24, 2.45) is 0 Å². The largest absolute Gasteiger partial charge is 0.446 e. The summed E-state index contributed by atoms with van der Waals surface area (Å²) in [4.78, 5) is 16.8. The Morgan fingerprint density at radius 2 is 1.95 bits per heavy atom. The number of fused-ring (bicyclic) bond motifs is 1. The van der Waals surface area contributed by atoms with Crippen LogP contribution in [0.1, 0.15) is 23.1 Å². The van der Waals surface area contributed by atoms with Gasteiger partial charge in [-0.3, -0.25) is 9.36 Å². The van der Waals surface area contributed by atoms with Crippen molar-refractivity contribution in [3.8, 4) is 0 Å². The molecule has 37 heavy (non-hydrogen) atoms. The van der Waals surface area contributed by atoms with E-state index in [0.29, 0.717) is 23.2 Å². The minimum absolute atomic E-state index is 0.0346. The maximum Gasteiger partial charge on any atom is 0.446 e.